The Morgan fingerprint density at radius 3 is 2.38 bits per heavy atom. The molecule has 1 aromatic heterocycles. The second kappa shape index (κ2) is 8.11. The molecule has 0 amide bonds. The van der Waals surface area contributed by atoms with Crippen molar-refractivity contribution in [3.8, 4) is 0 Å². The van der Waals surface area contributed by atoms with Crippen LogP contribution in [0.15, 0.2) is 70.7 Å². The van der Waals surface area contributed by atoms with Gasteiger partial charge in [-0.2, -0.15) is 8.42 Å². The van der Waals surface area contributed by atoms with Crippen LogP contribution in [0, 0.1) is 12.3 Å². The van der Waals surface area contributed by atoms with Crippen molar-refractivity contribution in [1.29, 1.82) is 0 Å². The Labute approximate surface area is 190 Å². The minimum absolute atomic E-state index is 0.0373. The van der Waals surface area contributed by atoms with E-state index < -0.39 is 15.5 Å². The van der Waals surface area contributed by atoms with Crippen molar-refractivity contribution >= 4 is 53.9 Å². The van der Waals surface area contributed by atoms with Crippen molar-refractivity contribution < 1.29 is 17.5 Å². The minimum Gasteiger partial charge on any atom is -0.292 e. The molecule has 6 nitrogen and oxygen atoms in total. The Morgan fingerprint density at radius 2 is 1.69 bits per heavy atom. The minimum atomic E-state index is -4.19. The number of thiazole rings is 1. The normalized spacial score (nSPS) is 12.9. The number of benzene rings is 3. The highest BCUT2D eigenvalue weighted by Gasteiger charge is 2.31. The Hall–Kier alpha value is -3.10. The summed E-state index contributed by atoms with van der Waals surface area (Å²) in [6.45, 7) is 7.07. The third-order valence-electron chi connectivity index (χ3n) is 4.91. The van der Waals surface area contributed by atoms with Crippen LogP contribution >= 0.6 is 11.3 Å². The number of oxime groups is 1. The van der Waals surface area contributed by atoms with Crippen molar-refractivity contribution in [2.75, 3.05) is 0 Å². The molecule has 0 aliphatic heterocycles. The highest BCUT2D eigenvalue weighted by atomic mass is 32.2. The molecule has 0 saturated carbocycles. The Kier molecular flexibility index (Phi) is 5.60. The third kappa shape index (κ3) is 4.28. The molecule has 3 aromatic carbocycles. The number of carbonyl (C=O) groups is 1. The first-order valence-corrected chi connectivity index (χ1v) is 12.2. The fraction of sp³-hybridized carbons (Fsp3) is 0.208. The molecule has 1 heterocycles. The van der Waals surface area contributed by atoms with E-state index in [4.69, 9.17) is 4.28 Å². The van der Waals surface area contributed by atoms with Crippen LogP contribution in [0.5, 0.6) is 0 Å². The molecule has 164 valence electrons. The van der Waals surface area contributed by atoms with E-state index in [-0.39, 0.29) is 16.4 Å². The summed E-state index contributed by atoms with van der Waals surface area (Å²) in [4.78, 5) is 17.7. The largest absolute Gasteiger partial charge is 0.358 e. The molecule has 0 aliphatic rings. The van der Waals surface area contributed by atoms with Gasteiger partial charge in [0.15, 0.2) is 11.5 Å². The van der Waals surface area contributed by atoms with Gasteiger partial charge in [-0.3, -0.25) is 9.08 Å². The van der Waals surface area contributed by atoms with Gasteiger partial charge >= 0.3 is 10.1 Å². The van der Waals surface area contributed by atoms with E-state index in [1.807, 2.05) is 43.3 Å². The molecule has 0 radical (unpaired) electrons. The Bertz CT molecular complexity index is 1460. The van der Waals surface area contributed by atoms with Gasteiger partial charge in [0, 0.05) is 10.8 Å². The number of fused-ring (bicyclic) bond motifs is 3. The van der Waals surface area contributed by atoms with Gasteiger partial charge in [0.05, 0.1) is 10.2 Å². The fourth-order valence-corrected chi connectivity index (χ4v) is 4.93. The predicted molar refractivity (Wildman–Crippen MR) is 128 cm³/mol. The van der Waals surface area contributed by atoms with Crippen LogP contribution in [-0.4, -0.2) is 24.9 Å². The number of rotatable bonds is 5. The molecule has 4 aromatic rings. The highest BCUT2D eigenvalue weighted by molar-refractivity contribution is 7.86. The van der Waals surface area contributed by atoms with E-state index >= 15 is 0 Å². The van der Waals surface area contributed by atoms with Crippen LogP contribution in [0.4, 0.5) is 0 Å². The van der Waals surface area contributed by atoms with E-state index in [0.29, 0.717) is 10.5 Å². The lowest BCUT2D eigenvalue weighted by atomic mass is 9.88. The SMILES string of the molecule is Cc1ccc(S(=O)(=O)O/N=C(\C(=O)C(C)(C)C)c2nc3ccc4ccccc4c3s2)cc1. The van der Waals surface area contributed by atoms with E-state index in [2.05, 4.69) is 10.1 Å². The first kappa shape index (κ1) is 22.1. The molecule has 0 spiro atoms. The van der Waals surface area contributed by atoms with E-state index in [9.17, 15) is 13.2 Å². The molecule has 32 heavy (non-hydrogen) atoms. The number of hydrogen-bond donors (Lipinski definition) is 0. The molecule has 0 atom stereocenters. The van der Waals surface area contributed by atoms with Gasteiger partial charge in [-0.05, 0) is 30.5 Å². The summed E-state index contributed by atoms with van der Waals surface area (Å²) in [5, 5.41) is 6.20. The number of hydrogen-bond acceptors (Lipinski definition) is 7. The monoisotopic (exact) mass is 466 g/mol. The Morgan fingerprint density at radius 1 is 1.00 bits per heavy atom. The summed E-state index contributed by atoms with van der Waals surface area (Å²) >= 11 is 1.29. The van der Waals surface area contributed by atoms with Crippen LogP contribution < -0.4 is 0 Å². The molecular weight excluding hydrogens is 444 g/mol. The molecule has 0 fully saturated rings. The zero-order valence-corrected chi connectivity index (χ0v) is 19.8. The number of aryl methyl sites for hydroxylation is 1. The first-order valence-electron chi connectivity index (χ1n) is 9.98. The van der Waals surface area contributed by atoms with Gasteiger partial charge in [0.25, 0.3) is 0 Å². The zero-order chi connectivity index (χ0) is 23.1. The van der Waals surface area contributed by atoms with Crippen molar-refractivity contribution in [3.05, 3.63) is 71.2 Å². The number of Topliss-reactive ketones (excluding diaryl/α,β-unsaturated/α-hetero) is 1. The molecule has 0 N–H and O–H groups in total. The summed E-state index contributed by atoms with van der Waals surface area (Å²) in [6, 6.07) is 17.9. The summed E-state index contributed by atoms with van der Waals surface area (Å²) in [5.74, 6) is -0.361. The van der Waals surface area contributed by atoms with Crippen LogP contribution in [0.3, 0.4) is 0 Å². The molecule has 0 aliphatic carbocycles. The van der Waals surface area contributed by atoms with Crippen molar-refractivity contribution in [1.82, 2.24) is 4.98 Å². The maximum atomic E-state index is 13.2. The summed E-state index contributed by atoms with van der Waals surface area (Å²) < 4.78 is 31.2. The predicted octanol–water partition coefficient (Wildman–Crippen LogP) is 5.48. The van der Waals surface area contributed by atoms with E-state index in [0.717, 1.165) is 21.0 Å². The molecule has 0 saturated heterocycles. The van der Waals surface area contributed by atoms with Gasteiger partial charge in [0.2, 0.25) is 0 Å². The molecular formula is C24H22N2O4S2. The van der Waals surface area contributed by atoms with Crippen LogP contribution in [0.25, 0.3) is 21.0 Å². The van der Waals surface area contributed by atoms with Gasteiger partial charge < -0.3 is 0 Å². The maximum absolute atomic E-state index is 13.2. The second-order valence-corrected chi connectivity index (χ2v) is 11.0. The molecule has 0 bridgehead atoms. The van der Waals surface area contributed by atoms with Crippen molar-refractivity contribution in [2.24, 2.45) is 10.6 Å². The van der Waals surface area contributed by atoms with E-state index in [1.165, 1.54) is 23.5 Å². The van der Waals surface area contributed by atoms with Gasteiger partial charge in [-0.1, -0.05) is 74.0 Å². The maximum Gasteiger partial charge on any atom is 0.358 e. The van der Waals surface area contributed by atoms with E-state index in [1.54, 1.807) is 32.9 Å². The molecule has 4 rings (SSSR count). The lowest BCUT2D eigenvalue weighted by molar-refractivity contribution is -0.119. The zero-order valence-electron chi connectivity index (χ0n) is 18.1. The van der Waals surface area contributed by atoms with Gasteiger partial charge in [0.1, 0.15) is 9.90 Å². The average Bonchev–Trinajstić information content (AvgIpc) is 3.18. The first-order chi connectivity index (χ1) is 15.1. The van der Waals surface area contributed by atoms with Crippen molar-refractivity contribution in [3.63, 3.8) is 0 Å². The lowest BCUT2D eigenvalue weighted by Gasteiger charge is -2.16. The Balaban J connectivity index is 1.82. The van der Waals surface area contributed by atoms with Gasteiger partial charge in [-0.25, -0.2) is 4.98 Å². The summed E-state index contributed by atoms with van der Waals surface area (Å²) in [7, 11) is -4.19. The van der Waals surface area contributed by atoms with Crippen LogP contribution in [0.1, 0.15) is 31.3 Å². The topological polar surface area (TPSA) is 85.7 Å². The number of nitrogens with zero attached hydrogens (tertiary/aromatic N) is 2. The van der Waals surface area contributed by atoms with Crippen LogP contribution in [-0.2, 0) is 19.2 Å². The van der Waals surface area contributed by atoms with Gasteiger partial charge in [-0.15, -0.1) is 11.3 Å². The number of carbonyl (C=O) groups excluding carboxylic acids is 1. The fourth-order valence-electron chi connectivity index (χ4n) is 3.12. The highest BCUT2D eigenvalue weighted by Crippen LogP contribution is 2.32. The number of aromatic nitrogens is 1. The summed E-state index contributed by atoms with van der Waals surface area (Å²) in [5.41, 5.74) is 0.700. The lowest BCUT2D eigenvalue weighted by Crippen LogP contribution is -2.29. The number of ketones is 1. The molecule has 0 unspecified atom stereocenters. The van der Waals surface area contributed by atoms with Crippen LogP contribution in [0.2, 0.25) is 0 Å². The van der Waals surface area contributed by atoms with Crippen molar-refractivity contribution in [2.45, 2.75) is 32.6 Å². The molecule has 8 heteroatoms. The standard InChI is InChI=1S/C24H22N2O4S2/c1-15-9-12-17(13-10-15)32(28,29)30-26-20(22(27)24(2,3)4)23-25-19-14-11-16-7-5-6-8-18(16)21(19)31-23/h5-14H,1-4H3/b26-20+. The smallest absolute Gasteiger partial charge is 0.292 e. The second-order valence-electron chi connectivity index (χ2n) is 8.51. The third-order valence-corrected chi connectivity index (χ3v) is 7.15. The average molecular weight is 467 g/mol. The quantitative estimate of drug-likeness (QED) is 0.287. The summed E-state index contributed by atoms with van der Waals surface area (Å²) in [6.07, 6.45) is 0.